The third-order valence-electron chi connectivity index (χ3n) is 2.86. The van der Waals surface area contributed by atoms with Crippen LogP contribution in [0.5, 0.6) is 0 Å². The molecule has 0 aliphatic heterocycles. The number of hydrogen-bond acceptors (Lipinski definition) is 1. The average Bonchev–Trinajstić information content (AvgIpc) is 2.32. The molecule has 0 heterocycles. The highest BCUT2D eigenvalue weighted by atomic mass is 35.5. The largest absolute Gasteiger partial charge is 0.369 e. The molecule has 17 heavy (non-hydrogen) atoms. The monoisotopic (exact) mass is 272 g/mol. The van der Waals surface area contributed by atoms with Crippen LogP contribution in [0.15, 0.2) is 42.3 Å². The van der Waals surface area contributed by atoms with Crippen LogP contribution in [0.3, 0.4) is 0 Å². The van der Waals surface area contributed by atoms with Gasteiger partial charge in [0.1, 0.15) is 11.4 Å². The van der Waals surface area contributed by atoms with Crippen molar-refractivity contribution in [3.05, 3.63) is 57.9 Å². The zero-order chi connectivity index (χ0) is 12.5. The number of methoxy groups -OCH3 is 1. The molecule has 0 spiro atoms. The van der Waals surface area contributed by atoms with E-state index in [1.54, 1.807) is 31.4 Å². The second kappa shape index (κ2) is 4.81. The van der Waals surface area contributed by atoms with Gasteiger partial charge in [0.15, 0.2) is 0 Å². The van der Waals surface area contributed by atoms with Crippen LogP contribution in [0.2, 0.25) is 10.0 Å². The van der Waals surface area contributed by atoms with Crippen LogP contribution >= 0.6 is 23.2 Å². The Balaban J connectivity index is 2.54. The van der Waals surface area contributed by atoms with Crippen LogP contribution in [0.25, 0.3) is 0 Å². The van der Waals surface area contributed by atoms with Crippen molar-refractivity contribution in [2.75, 3.05) is 7.11 Å². The lowest BCUT2D eigenvalue weighted by atomic mass is 9.87. The van der Waals surface area contributed by atoms with Crippen molar-refractivity contribution in [3.8, 4) is 0 Å². The molecule has 1 unspecified atom stereocenters. The van der Waals surface area contributed by atoms with Gasteiger partial charge < -0.3 is 4.74 Å². The fraction of sp³-hybridized carbons (Fsp3) is 0.231. The van der Waals surface area contributed by atoms with E-state index >= 15 is 0 Å². The lowest BCUT2D eigenvalue weighted by Gasteiger charge is -2.32. The summed E-state index contributed by atoms with van der Waals surface area (Å²) in [5.41, 5.74) is -0.115. The quantitative estimate of drug-likeness (QED) is 0.762. The van der Waals surface area contributed by atoms with Crippen molar-refractivity contribution in [1.82, 2.24) is 0 Å². The molecule has 0 radical (unpaired) electrons. The Kier molecular flexibility index (Phi) is 3.57. The van der Waals surface area contributed by atoms with Crippen molar-refractivity contribution < 1.29 is 9.13 Å². The van der Waals surface area contributed by atoms with Gasteiger partial charge in [-0.25, -0.2) is 4.39 Å². The van der Waals surface area contributed by atoms with Crippen LogP contribution in [0.4, 0.5) is 4.39 Å². The maximum Gasteiger partial charge on any atom is 0.119 e. The van der Waals surface area contributed by atoms with E-state index in [0.717, 1.165) is 0 Å². The first-order valence-electron chi connectivity index (χ1n) is 5.13. The van der Waals surface area contributed by atoms with E-state index in [1.165, 1.54) is 12.2 Å². The number of benzene rings is 1. The minimum Gasteiger partial charge on any atom is -0.369 e. The van der Waals surface area contributed by atoms with Crippen LogP contribution in [0, 0.1) is 0 Å². The number of hydrogen-bond donors (Lipinski definition) is 0. The van der Waals surface area contributed by atoms with Crippen molar-refractivity contribution >= 4 is 23.2 Å². The first-order valence-corrected chi connectivity index (χ1v) is 5.89. The number of rotatable bonds is 2. The topological polar surface area (TPSA) is 9.23 Å². The van der Waals surface area contributed by atoms with Crippen molar-refractivity contribution in [2.24, 2.45) is 0 Å². The zero-order valence-corrected chi connectivity index (χ0v) is 10.7. The van der Waals surface area contributed by atoms with Gasteiger partial charge in [0.25, 0.3) is 0 Å². The SMILES string of the molecule is COC1(c2c(Cl)cccc2Cl)C=CC(F)=CC1. The molecular weight excluding hydrogens is 262 g/mol. The fourth-order valence-electron chi connectivity index (χ4n) is 1.94. The summed E-state index contributed by atoms with van der Waals surface area (Å²) in [7, 11) is 1.56. The molecule has 0 fully saturated rings. The molecule has 2 rings (SSSR count). The summed E-state index contributed by atoms with van der Waals surface area (Å²) >= 11 is 12.3. The summed E-state index contributed by atoms with van der Waals surface area (Å²) in [4.78, 5) is 0. The molecule has 0 amide bonds. The third-order valence-corrected chi connectivity index (χ3v) is 3.49. The molecule has 0 bridgehead atoms. The molecule has 1 atom stereocenters. The molecule has 1 aromatic carbocycles. The maximum atomic E-state index is 13.0. The lowest BCUT2D eigenvalue weighted by Crippen LogP contribution is -2.27. The Morgan fingerprint density at radius 1 is 1.29 bits per heavy atom. The molecule has 90 valence electrons. The molecule has 4 heteroatoms. The van der Waals surface area contributed by atoms with Crippen LogP contribution in [0.1, 0.15) is 12.0 Å². The van der Waals surface area contributed by atoms with Crippen LogP contribution in [-0.2, 0) is 10.3 Å². The van der Waals surface area contributed by atoms with Gasteiger partial charge in [0, 0.05) is 29.1 Å². The number of halogens is 3. The minimum absolute atomic E-state index is 0.277. The van der Waals surface area contributed by atoms with E-state index in [9.17, 15) is 4.39 Å². The van der Waals surface area contributed by atoms with Gasteiger partial charge in [0.05, 0.1) is 0 Å². The third kappa shape index (κ3) is 2.25. The average molecular weight is 273 g/mol. The highest BCUT2D eigenvalue weighted by molar-refractivity contribution is 6.36. The predicted octanol–water partition coefficient (Wildman–Crippen LogP) is 4.65. The van der Waals surface area contributed by atoms with Gasteiger partial charge in [-0.15, -0.1) is 0 Å². The van der Waals surface area contributed by atoms with Gasteiger partial charge in [-0.05, 0) is 30.4 Å². The standard InChI is InChI=1S/C13H11Cl2FO/c1-17-13(7-5-9(16)6-8-13)12-10(14)3-2-4-11(12)15/h2-7H,8H2,1H3. The Labute approximate surface area is 109 Å². The second-order valence-corrected chi connectivity index (χ2v) is 4.63. The molecule has 1 aliphatic carbocycles. The van der Waals surface area contributed by atoms with Crippen LogP contribution in [-0.4, -0.2) is 7.11 Å². The summed E-state index contributed by atoms with van der Waals surface area (Å²) in [6.45, 7) is 0. The summed E-state index contributed by atoms with van der Waals surface area (Å²) in [5, 5.41) is 1.03. The zero-order valence-electron chi connectivity index (χ0n) is 9.21. The van der Waals surface area contributed by atoms with E-state index in [1.807, 2.05) is 0 Å². The van der Waals surface area contributed by atoms with Gasteiger partial charge in [-0.2, -0.15) is 0 Å². The summed E-state index contributed by atoms with van der Waals surface area (Å²) < 4.78 is 18.5. The molecule has 0 saturated carbocycles. The number of allylic oxidation sites excluding steroid dienone is 2. The van der Waals surface area contributed by atoms with Gasteiger partial charge in [0.2, 0.25) is 0 Å². The van der Waals surface area contributed by atoms with Crippen LogP contribution < -0.4 is 0 Å². The lowest BCUT2D eigenvalue weighted by molar-refractivity contribution is 0.0300. The highest BCUT2D eigenvalue weighted by Gasteiger charge is 2.34. The Morgan fingerprint density at radius 2 is 1.94 bits per heavy atom. The Bertz CT molecular complexity index is 476. The Hall–Kier alpha value is -0.830. The van der Waals surface area contributed by atoms with Crippen molar-refractivity contribution in [2.45, 2.75) is 12.0 Å². The van der Waals surface area contributed by atoms with E-state index in [2.05, 4.69) is 0 Å². The van der Waals surface area contributed by atoms with Gasteiger partial charge in [-0.3, -0.25) is 0 Å². The summed E-state index contributed by atoms with van der Waals surface area (Å²) in [6, 6.07) is 5.25. The predicted molar refractivity (Wildman–Crippen MR) is 68.1 cm³/mol. The molecule has 0 aromatic heterocycles. The fourth-order valence-corrected chi connectivity index (χ4v) is 2.66. The summed E-state index contributed by atoms with van der Waals surface area (Å²) in [5.74, 6) is -0.277. The molecular formula is C13H11Cl2FO. The van der Waals surface area contributed by atoms with E-state index in [-0.39, 0.29) is 5.83 Å². The summed E-state index contributed by atoms with van der Waals surface area (Å²) in [6.07, 6.45) is 4.85. The van der Waals surface area contributed by atoms with Crippen molar-refractivity contribution in [3.63, 3.8) is 0 Å². The van der Waals surface area contributed by atoms with Gasteiger partial charge >= 0.3 is 0 Å². The molecule has 1 aliphatic rings. The minimum atomic E-state index is -0.787. The van der Waals surface area contributed by atoms with E-state index < -0.39 is 5.60 Å². The molecule has 1 nitrogen and oxygen atoms in total. The van der Waals surface area contributed by atoms with Gasteiger partial charge in [-0.1, -0.05) is 29.3 Å². The van der Waals surface area contributed by atoms with E-state index in [0.29, 0.717) is 22.0 Å². The molecule has 1 aromatic rings. The second-order valence-electron chi connectivity index (χ2n) is 3.82. The van der Waals surface area contributed by atoms with Crippen molar-refractivity contribution in [1.29, 1.82) is 0 Å². The normalized spacial score (nSPS) is 23.6. The molecule has 0 N–H and O–H groups in total. The highest BCUT2D eigenvalue weighted by Crippen LogP contribution is 2.42. The molecule has 0 saturated heterocycles. The van der Waals surface area contributed by atoms with E-state index in [4.69, 9.17) is 27.9 Å². The first-order chi connectivity index (χ1) is 8.09. The Morgan fingerprint density at radius 3 is 2.41 bits per heavy atom. The maximum absolute atomic E-state index is 13.0. The smallest absolute Gasteiger partial charge is 0.119 e. The first kappa shape index (κ1) is 12.6. The number of ether oxygens (including phenoxy) is 1.